The van der Waals surface area contributed by atoms with E-state index in [1.807, 2.05) is 30.3 Å². The topological polar surface area (TPSA) is 74.1 Å². The van der Waals surface area contributed by atoms with Gasteiger partial charge in [0.15, 0.2) is 0 Å². The third-order valence-corrected chi connectivity index (χ3v) is 4.90. The zero-order chi connectivity index (χ0) is 17.4. The number of methoxy groups -OCH3 is 1. The van der Waals surface area contributed by atoms with Crippen LogP contribution >= 0.6 is 11.3 Å². The number of thiazole rings is 1. The van der Waals surface area contributed by atoms with Crippen LogP contribution in [0.25, 0.3) is 26.1 Å². The molecule has 0 fully saturated rings. The van der Waals surface area contributed by atoms with E-state index in [0.717, 1.165) is 10.2 Å². The second kappa shape index (κ2) is 6.10. The van der Waals surface area contributed by atoms with Crippen LogP contribution in [-0.4, -0.2) is 27.8 Å². The number of nitrogens with zero attached hydrogens (tertiary/aromatic N) is 3. The molecule has 25 heavy (non-hydrogen) atoms. The van der Waals surface area contributed by atoms with Gasteiger partial charge in [0.1, 0.15) is 0 Å². The zero-order valence-corrected chi connectivity index (χ0v) is 14.1. The Hall–Kier alpha value is -3.06. The lowest BCUT2D eigenvalue weighted by Gasteiger charge is -2.08. The molecule has 0 unspecified atom stereocenters. The van der Waals surface area contributed by atoms with Gasteiger partial charge in [-0.25, -0.2) is 4.98 Å². The van der Waals surface area contributed by atoms with Crippen molar-refractivity contribution >= 4 is 38.3 Å². The number of esters is 1. The number of rotatable bonds is 3. The first-order chi connectivity index (χ1) is 12.2. The molecule has 2 heterocycles. The molecule has 2 aromatic carbocycles. The highest BCUT2D eigenvalue weighted by Gasteiger charge is 2.16. The van der Waals surface area contributed by atoms with Crippen LogP contribution in [0.5, 0.6) is 0 Å². The summed E-state index contributed by atoms with van der Waals surface area (Å²) >= 11 is 1.38. The van der Waals surface area contributed by atoms with Gasteiger partial charge in [-0.3, -0.25) is 9.59 Å². The first kappa shape index (κ1) is 15.5. The minimum absolute atomic E-state index is 0.0117. The molecule has 2 aromatic heterocycles. The molecule has 0 saturated carbocycles. The number of aromatic nitrogens is 3. The second-order valence-corrected chi connectivity index (χ2v) is 6.44. The lowest BCUT2D eigenvalue weighted by Crippen LogP contribution is -2.24. The van der Waals surface area contributed by atoms with E-state index in [9.17, 15) is 9.59 Å². The molecular formula is C18H13N3O3S. The molecule has 0 amide bonds. The normalized spacial score (nSPS) is 11.1. The molecule has 0 atom stereocenters. The van der Waals surface area contributed by atoms with Gasteiger partial charge in [0.25, 0.3) is 5.56 Å². The van der Waals surface area contributed by atoms with E-state index < -0.39 is 5.97 Å². The number of hydrogen-bond donors (Lipinski definition) is 0. The Balaban J connectivity index is 1.98. The van der Waals surface area contributed by atoms with Gasteiger partial charge in [-0.05, 0) is 18.2 Å². The summed E-state index contributed by atoms with van der Waals surface area (Å²) in [7, 11) is 1.33. The van der Waals surface area contributed by atoms with E-state index in [1.165, 1.54) is 23.1 Å². The maximum Gasteiger partial charge on any atom is 0.311 e. The van der Waals surface area contributed by atoms with Crippen molar-refractivity contribution < 1.29 is 9.53 Å². The van der Waals surface area contributed by atoms with Crippen LogP contribution in [-0.2, 0) is 16.0 Å². The van der Waals surface area contributed by atoms with Crippen molar-refractivity contribution in [2.45, 2.75) is 6.42 Å². The van der Waals surface area contributed by atoms with Crippen molar-refractivity contribution in [1.29, 1.82) is 0 Å². The Morgan fingerprint density at radius 2 is 1.84 bits per heavy atom. The van der Waals surface area contributed by atoms with E-state index in [1.54, 1.807) is 18.2 Å². The van der Waals surface area contributed by atoms with Gasteiger partial charge in [-0.1, -0.05) is 41.7 Å². The predicted molar refractivity (Wildman–Crippen MR) is 96.2 cm³/mol. The molecular weight excluding hydrogens is 338 g/mol. The quantitative estimate of drug-likeness (QED) is 0.531. The summed E-state index contributed by atoms with van der Waals surface area (Å²) in [6.07, 6.45) is -0.0117. The molecule has 0 N–H and O–H groups in total. The van der Waals surface area contributed by atoms with Crippen LogP contribution in [0.4, 0.5) is 0 Å². The molecule has 0 aliphatic rings. The van der Waals surface area contributed by atoms with Crippen LogP contribution in [0.15, 0.2) is 53.3 Å². The maximum atomic E-state index is 12.9. The fourth-order valence-electron chi connectivity index (χ4n) is 2.68. The van der Waals surface area contributed by atoms with Crippen molar-refractivity contribution in [3.63, 3.8) is 0 Å². The summed E-state index contributed by atoms with van der Waals surface area (Å²) in [4.78, 5) is 29.1. The molecule has 124 valence electrons. The summed E-state index contributed by atoms with van der Waals surface area (Å²) in [5.74, 6) is -0.410. The van der Waals surface area contributed by atoms with Gasteiger partial charge in [0, 0.05) is 5.39 Å². The summed E-state index contributed by atoms with van der Waals surface area (Å²) in [6.45, 7) is 0. The van der Waals surface area contributed by atoms with E-state index >= 15 is 0 Å². The van der Waals surface area contributed by atoms with E-state index in [-0.39, 0.29) is 12.0 Å². The largest absolute Gasteiger partial charge is 0.469 e. The Morgan fingerprint density at radius 1 is 1.12 bits per heavy atom. The van der Waals surface area contributed by atoms with E-state index in [4.69, 9.17) is 4.74 Å². The van der Waals surface area contributed by atoms with Crippen LogP contribution in [0.3, 0.4) is 0 Å². The molecule has 7 heteroatoms. The molecule has 6 nitrogen and oxygen atoms in total. The second-order valence-electron chi connectivity index (χ2n) is 5.43. The van der Waals surface area contributed by atoms with Crippen molar-refractivity contribution in [2.75, 3.05) is 7.11 Å². The molecule has 0 spiro atoms. The van der Waals surface area contributed by atoms with E-state index in [2.05, 4.69) is 10.1 Å². The first-order valence-electron chi connectivity index (χ1n) is 7.61. The highest BCUT2D eigenvalue weighted by molar-refractivity contribution is 7.20. The summed E-state index contributed by atoms with van der Waals surface area (Å²) in [6, 6.07) is 14.7. The van der Waals surface area contributed by atoms with Crippen molar-refractivity contribution in [2.24, 2.45) is 0 Å². The zero-order valence-electron chi connectivity index (χ0n) is 13.3. The number of fused-ring (bicyclic) bond motifs is 2. The fraction of sp³-hybridized carbons (Fsp3) is 0.111. The van der Waals surface area contributed by atoms with Gasteiger partial charge < -0.3 is 4.74 Å². The Labute approximate surface area is 146 Å². The van der Waals surface area contributed by atoms with Gasteiger partial charge in [-0.15, -0.1) is 0 Å². The molecule has 0 radical (unpaired) electrons. The van der Waals surface area contributed by atoms with Crippen LogP contribution in [0, 0.1) is 0 Å². The third-order valence-electron chi connectivity index (χ3n) is 3.88. The van der Waals surface area contributed by atoms with Crippen LogP contribution in [0.2, 0.25) is 0 Å². The number of carbonyl (C=O) groups excluding carboxylic acids is 1. The number of carbonyl (C=O) groups is 1. The van der Waals surface area contributed by atoms with Gasteiger partial charge >= 0.3 is 5.97 Å². The Bertz CT molecular complexity index is 1130. The monoisotopic (exact) mass is 351 g/mol. The van der Waals surface area contributed by atoms with Crippen LogP contribution < -0.4 is 5.56 Å². The number of para-hydroxylation sites is 1. The van der Waals surface area contributed by atoms with Crippen molar-refractivity contribution in [3.05, 3.63) is 64.6 Å². The van der Waals surface area contributed by atoms with Gasteiger partial charge in [-0.2, -0.15) is 9.78 Å². The molecule has 0 aliphatic heterocycles. The Kier molecular flexibility index (Phi) is 3.77. The average Bonchev–Trinajstić information content (AvgIpc) is 3.07. The van der Waals surface area contributed by atoms with E-state index in [0.29, 0.717) is 21.6 Å². The SMILES string of the molecule is COC(=O)Cc1nn(-c2nc3ccccc3s2)c(=O)c2ccccc12. The van der Waals surface area contributed by atoms with Crippen molar-refractivity contribution in [3.8, 4) is 5.13 Å². The standard InChI is InChI=1S/C18H13N3O3S/c1-24-16(22)10-14-11-6-2-3-7-12(11)17(23)21(20-14)18-19-13-8-4-5-9-15(13)25-18/h2-9H,10H2,1H3. The summed E-state index contributed by atoms with van der Waals surface area (Å²) in [5.41, 5.74) is 1.03. The number of hydrogen-bond acceptors (Lipinski definition) is 6. The smallest absolute Gasteiger partial charge is 0.311 e. The van der Waals surface area contributed by atoms with Crippen molar-refractivity contribution in [1.82, 2.24) is 14.8 Å². The average molecular weight is 351 g/mol. The Morgan fingerprint density at radius 3 is 2.60 bits per heavy atom. The van der Waals surface area contributed by atoms with Gasteiger partial charge in [0.2, 0.25) is 5.13 Å². The molecule has 0 saturated heterocycles. The third kappa shape index (κ3) is 2.68. The minimum atomic E-state index is -0.410. The van der Waals surface area contributed by atoms with Crippen LogP contribution in [0.1, 0.15) is 5.69 Å². The molecule has 0 bridgehead atoms. The fourth-order valence-corrected chi connectivity index (χ4v) is 3.59. The summed E-state index contributed by atoms with van der Waals surface area (Å²) < 4.78 is 6.98. The minimum Gasteiger partial charge on any atom is -0.469 e. The van der Waals surface area contributed by atoms with Gasteiger partial charge in [0.05, 0.1) is 34.8 Å². The highest BCUT2D eigenvalue weighted by atomic mass is 32.1. The molecule has 4 aromatic rings. The molecule has 0 aliphatic carbocycles. The lowest BCUT2D eigenvalue weighted by molar-refractivity contribution is -0.139. The first-order valence-corrected chi connectivity index (χ1v) is 8.43. The molecule has 4 rings (SSSR count). The lowest BCUT2D eigenvalue weighted by atomic mass is 10.1. The highest BCUT2D eigenvalue weighted by Crippen LogP contribution is 2.24. The number of ether oxygens (including phenoxy) is 1. The summed E-state index contributed by atoms with van der Waals surface area (Å²) in [5, 5.41) is 6.02. The number of benzene rings is 2. The maximum absolute atomic E-state index is 12.9. The predicted octanol–water partition coefficient (Wildman–Crippen LogP) is 2.71.